The van der Waals surface area contributed by atoms with E-state index in [1.54, 1.807) is 26.0 Å². The molecule has 0 spiro atoms. The van der Waals surface area contributed by atoms with E-state index in [0.717, 1.165) is 24.0 Å². The molecular formula is C20H28F3N3O2S. The SMILES string of the molecule is Cc1cc([C@@H](C)N[S@](=O)C(C)(C)C)c2nc(C(C)(C)C(F)(F)F)n(C)c(=O)c2c1. The van der Waals surface area contributed by atoms with Crippen molar-refractivity contribution >= 4 is 21.9 Å². The van der Waals surface area contributed by atoms with Gasteiger partial charge in [-0.1, -0.05) is 6.07 Å². The predicted octanol–water partition coefficient (Wildman–Crippen LogP) is 4.19. The molecule has 0 amide bonds. The van der Waals surface area contributed by atoms with E-state index in [2.05, 4.69) is 9.71 Å². The molecule has 0 saturated heterocycles. The van der Waals surface area contributed by atoms with Crippen LogP contribution in [0, 0.1) is 6.92 Å². The molecule has 2 atom stereocenters. The predicted molar refractivity (Wildman–Crippen MR) is 110 cm³/mol. The molecule has 0 fully saturated rings. The van der Waals surface area contributed by atoms with Crippen molar-refractivity contribution in [3.8, 4) is 0 Å². The van der Waals surface area contributed by atoms with Crippen molar-refractivity contribution in [2.75, 3.05) is 0 Å². The molecule has 0 aliphatic rings. The van der Waals surface area contributed by atoms with Crippen LogP contribution < -0.4 is 10.3 Å². The first-order valence-corrected chi connectivity index (χ1v) is 10.4. The van der Waals surface area contributed by atoms with Gasteiger partial charge in [-0.15, -0.1) is 0 Å². The van der Waals surface area contributed by atoms with E-state index in [9.17, 15) is 22.2 Å². The second-order valence-corrected chi connectivity index (χ2v) is 10.9. The molecule has 1 N–H and O–H groups in total. The maximum Gasteiger partial charge on any atom is 0.400 e. The van der Waals surface area contributed by atoms with Gasteiger partial charge in [0.2, 0.25) is 0 Å². The summed E-state index contributed by atoms with van der Waals surface area (Å²) in [6, 6.07) is 2.89. The Morgan fingerprint density at radius 3 is 2.17 bits per heavy atom. The number of nitrogens with one attached hydrogen (secondary N) is 1. The number of benzene rings is 1. The van der Waals surface area contributed by atoms with Crippen LogP contribution in [0.1, 0.15) is 64.5 Å². The summed E-state index contributed by atoms with van der Waals surface area (Å²) in [6.07, 6.45) is -4.58. The monoisotopic (exact) mass is 431 g/mol. The molecule has 0 aliphatic carbocycles. The lowest BCUT2D eigenvalue weighted by atomic mass is 9.90. The summed E-state index contributed by atoms with van der Waals surface area (Å²) in [4.78, 5) is 17.2. The van der Waals surface area contributed by atoms with Crippen LogP contribution in [0.25, 0.3) is 10.9 Å². The summed E-state index contributed by atoms with van der Waals surface area (Å²) in [5.74, 6) is -0.364. The summed E-state index contributed by atoms with van der Waals surface area (Å²) in [5.41, 5.74) is -1.37. The van der Waals surface area contributed by atoms with Crippen molar-refractivity contribution in [1.82, 2.24) is 14.3 Å². The zero-order valence-corrected chi connectivity index (χ0v) is 18.8. The van der Waals surface area contributed by atoms with E-state index in [-0.39, 0.29) is 16.7 Å². The maximum atomic E-state index is 13.6. The van der Waals surface area contributed by atoms with Crippen LogP contribution in [-0.2, 0) is 23.4 Å². The molecule has 9 heteroatoms. The minimum Gasteiger partial charge on any atom is -0.299 e. The highest BCUT2D eigenvalue weighted by Crippen LogP contribution is 2.39. The Morgan fingerprint density at radius 1 is 1.14 bits per heavy atom. The van der Waals surface area contributed by atoms with Crippen molar-refractivity contribution < 1.29 is 17.4 Å². The summed E-state index contributed by atoms with van der Waals surface area (Å²) in [5, 5.41) is 0.236. The molecule has 0 unspecified atom stereocenters. The zero-order chi connectivity index (χ0) is 22.5. The zero-order valence-electron chi connectivity index (χ0n) is 18.0. The van der Waals surface area contributed by atoms with E-state index in [1.165, 1.54) is 7.05 Å². The average Bonchev–Trinajstić information content (AvgIpc) is 2.55. The number of fused-ring (bicyclic) bond motifs is 1. The standard InChI is InChI=1S/C20H28F3N3O2S/c1-11-9-13(12(2)25-29(28)18(3,4)5)15-14(10-11)16(27)26(8)17(24-15)19(6,7)20(21,22)23/h9-10,12,25H,1-8H3/t12-,29-/m1/s1. The Balaban J connectivity index is 2.79. The van der Waals surface area contributed by atoms with Crippen LogP contribution in [0.5, 0.6) is 0 Å². The summed E-state index contributed by atoms with van der Waals surface area (Å²) in [7, 11) is -0.103. The Kier molecular flexibility index (Phi) is 6.09. The van der Waals surface area contributed by atoms with E-state index >= 15 is 0 Å². The van der Waals surface area contributed by atoms with Gasteiger partial charge in [-0.05, 0) is 65.7 Å². The normalized spacial score (nSPS) is 15.6. The number of rotatable bonds is 4. The van der Waals surface area contributed by atoms with Crippen molar-refractivity contribution in [3.05, 3.63) is 39.4 Å². The van der Waals surface area contributed by atoms with Gasteiger partial charge in [-0.25, -0.2) is 13.9 Å². The highest BCUT2D eigenvalue weighted by molar-refractivity contribution is 7.84. The average molecular weight is 432 g/mol. The third-order valence-corrected chi connectivity index (χ3v) is 6.61. The minimum atomic E-state index is -4.58. The molecule has 0 aliphatic heterocycles. The molecule has 0 saturated carbocycles. The van der Waals surface area contributed by atoms with Crippen molar-refractivity contribution in [2.45, 2.75) is 70.8 Å². The number of nitrogens with zero attached hydrogens (tertiary/aromatic N) is 2. The van der Waals surface area contributed by atoms with Gasteiger partial charge in [0.25, 0.3) is 5.56 Å². The van der Waals surface area contributed by atoms with E-state index in [0.29, 0.717) is 5.56 Å². The van der Waals surface area contributed by atoms with Crippen molar-refractivity contribution in [1.29, 1.82) is 0 Å². The molecule has 1 aromatic carbocycles. The summed E-state index contributed by atoms with van der Waals surface area (Å²) >= 11 is 0. The number of hydrogen-bond acceptors (Lipinski definition) is 3. The molecule has 1 heterocycles. The second kappa shape index (κ2) is 7.50. The van der Waals surface area contributed by atoms with Gasteiger partial charge in [-0.3, -0.25) is 9.36 Å². The lowest BCUT2D eigenvalue weighted by molar-refractivity contribution is -0.183. The first-order valence-electron chi connectivity index (χ1n) is 9.25. The van der Waals surface area contributed by atoms with Crippen molar-refractivity contribution in [3.63, 3.8) is 0 Å². The molecule has 1 aromatic heterocycles. The second-order valence-electron chi connectivity index (χ2n) is 8.89. The van der Waals surface area contributed by atoms with Gasteiger partial charge in [0.1, 0.15) is 11.2 Å². The number of aromatic nitrogens is 2. The third kappa shape index (κ3) is 4.40. The lowest BCUT2D eigenvalue weighted by Crippen LogP contribution is -2.42. The first kappa shape index (κ1) is 23.5. The molecule has 29 heavy (non-hydrogen) atoms. The molecular weight excluding hydrogens is 403 g/mol. The minimum absolute atomic E-state index is 0.192. The molecule has 0 bridgehead atoms. The molecule has 2 rings (SSSR count). The van der Waals surface area contributed by atoms with Crippen LogP contribution >= 0.6 is 0 Å². The molecule has 2 aromatic rings. The quantitative estimate of drug-likeness (QED) is 0.789. The Hall–Kier alpha value is -1.74. The van der Waals surface area contributed by atoms with E-state index in [4.69, 9.17) is 0 Å². The van der Waals surface area contributed by atoms with E-state index < -0.39 is 38.9 Å². The summed E-state index contributed by atoms with van der Waals surface area (Å²) < 4.78 is 56.9. The van der Waals surface area contributed by atoms with Crippen molar-refractivity contribution in [2.24, 2.45) is 7.05 Å². The molecule has 162 valence electrons. The fourth-order valence-electron chi connectivity index (χ4n) is 2.97. The number of hydrogen-bond donors (Lipinski definition) is 1. The number of aryl methyl sites for hydroxylation is 1. The van der Waals surface area contributed by atoms with Crippen LogP contribution in [-0.4, -0.2) is 24.7 Å². The Bertz CT molecular complexity index is 1020. The van der Waals surface area contributed by atoms with Gasteiger partial charge in [0.15, 0.2) is 0 Å². The highest BCUT2D eigenvalue weighted by atomic mass is 32.2. The smallest absolute Gasteiger partial charge is 0.299 e. The highest BCUT2D eigenvalue weighted by Gasteiger charge is 2.51. The van der Waals surface area contributed by atoms with Gasteiger partial charge < -0.3 is 0 Å². The van der Waals surface area contributed by atoms with Crippen LogP contribution in [0.3, 0.4) is 0 Å². The fraction of sp³-hybridized carbons (Fsp3) is 0.600. The summed E-state index contributed by atoms with van der Waals surface area (Å²) in [6.45, 7) is 11.0. The van der Waals surface area contributed by atoms with Gasteiger partial charge in [0.05, 0.1) is 26.6 Å². The third-order valence-electron chi connectivity index (χ3n) is 4.93. The Morgan fingerprint density at radius 2 is 1.69 bits per heavy atom. The van der Waals surface area contributed by atoms with Gasteiger partial charge in [0, 0.05) is 13.1 Å². The van der Waals surface area contributed by atoms with Crippen LogP contribution in [0.2, 0.25) is 0 Å². The van der Waals surface area contributed by atoms with Gasteiger partial charge >= 0.3 is 6.18 Å². The maximum absolute atomic E-state index is 13.6. The topological polar surface area (TPSA) is 64.0 Å². The van der Waals surface area contributed by atoms with E-state index in [1.807, 2.05) is 20.8 Å². The molecule has 5 nitrogen and oxygen atoms in total. The largest absolute Gasteiger partial charge is 0.400 e. The Labute approximate surface area is 171 Å². The first-order chi connectivity index (χ1) is 13.0. The number of alkyl halides is 3. The lowest BCUT2D eigenvalue weighted by Gasteiger charge is -2.29. The van der Waals surface area contributed by atoms with Gasteiger partial charge in [-0.2, -0.15) is 13.2 Å². The number of halogens is 3. The van der Waals surface area contributed by atoms with Crippen LogP contribution in [0.4, 0.5) is 13.2 Å². The molecule has 0 radical (unpaired) electrons. The fourth-order valence-corrected chi connectivity index (χ4v) is 3.77. The van der Waals surface area contributed by atoms with Crippen LogP contribution in [0.15, 0.2) is 16.9 Å².